The van der Waals surface area contributed by atoms with Gasteiger partial charge in [-0.2, -0.15) is 0 Å². The van der Waals surface area contributed by atoms with Gasteiger partial charge in [-0.1, -0.05) is 208 Å². The molecule has 1 aromatic heterocycles. The first-order valence-corrected chi connectivity index (χ1v) is 27.4. The molecule has 8 aromatic carbocycles. The van der Waals surface area contributed by atoms with Crippen molar-refractivity contribution in [2.45, 2.75) is 124 Å². The summed E-state index contributed by atoms with van der Waals surface area (Å²) in [6.07, 6.45) is 8.02. The summed E-state index contributed by atoms with van der Waals surface area (Å²) in [5.41, 5.74) is 32.6. The topological polar surface area (TPSA) is 13.1 Å². The quantitative estimate of drug-likeness (QED) is 0.145. The molecule has 6 aliphatic rings. The second kappa shape index (κ2) is 15.8. The van der Waals surface area contributed by atoms with Crippen LogP contribution in [-0.4, -0.2) is 13.4 Å². The largest absolute Gasteiger partial charge is 0.456 e. The molecular weight excluding hydrogens is 866 g/mol. The first kappa shape index (κ1) is 44.4. The molecule has 4 bridgehead atoms. The maximum Gasteiger partial charge on any atom is 0.243 e. The molecule has 0 amide bonds. The second-order valence-corrected chi connectivity index (χ2v) is 24.5. The van der Waals surface area contributed by atoms with Gasteiger partial charge < -0.3 is 4.42 Å². The summed E-state index contributed by atoms with van der Waals surface area (Å²) >= 11 is 0. The molecule has 0 spiro atoms. The molecule has 15 rings (SSSR count). The summed E-state index contributed by atoms with van der Waals surface area (Å²) in [6, 6.07) is 55.2. The van der Waals surface area contributed by atoms with Crippen molar-refractivity contribution in [3.8, 4) is 22.3 Å². The molecule has 4 aliphatic carbocycles. The zero-order valence-corrected chi connectivity index (χ0v) is 43.9. The third-order valence-corrected chi connectivity index (χ3v) is 19.5. The SMILES string of the molecule is Cc1cc(C)c(B(c2ccc3oc4ccc(-c5ccc(C67CC8CC(C6)CC(c6cc(C(C)C)c9c(c6)C(C)c6cccc%10c6B9c6ccccc6-%10)(C8)C7)cc5)cc4c3c2)c2c(C)cc(C)cc2C)c(C)c1. The lowest BCUT2D eigenvalue weighted by Crippen LogP contribution is -2.58. The number of aryl methyl sites for hydroxylation is 6. The summed E-state index contributed by atoms with van der Waals surface area (Å²) in [5, 5.41) is 2.37. The average molecular weight is 933 g/mol. The number of fused-ring (bicyclic) bond motifs is 8. The van der Waals surface area contributed by atoms with Crippen molar-refractivity contribution in [3.63, 3.8) is 0 Å². The van der Waals surface area contributed by atoms with Crippen molar-refractivity contribution in [2.75, 3.05) is 0 Å². The minimum absolute atomic E-state index is 0.110. The Labute approximate surface area is 428 Å². The predicted octanol–water partition coefficient (Wildman–Crippen LogP) is 13.5. The van der Waals surface area contributed by atoms with Gasteiger partial charge in [0.15, 0.2) is 0 Å². The second-order valence-electron chi connectivity index (χ2n) is 24.5. The standard InChI is InChI=1S/C69H66B2O/c1-39(2)57-31-52(32-58-46(9)54-14-12-15-56-55-13-10-11-16-61(55)71(66(54)56)67(57)58)69-36-47-29-48(37-69)35-68(34-47,38-69)51-20-17-49(18-21-51)50-19-23-62-59(30-50)60-33-53(22-24-63(60)72-62)70(64-42(5)25-40(3)26-43(64)6)65-44(7)27-41(4)28-45(65)8/h10-28,30-33,39,46-48H,29,34-38H2,1-9H3. The minimum Gasteiger partial charge on any atom is -0.456 e. The average Bonchev–Trinajstić information content (AvgIpc) is 3.89. The van der Waals surface area contributed by atoms with Gasteiger partial charge >= 0.3 is 0 Å². The van der Waals surface area contributed by atoms with E-state index < -0.39 is 0 Å². The van der Waals surface area contributed by atoms with Crippen LogP contribution >= 0.6 is 0 Å². The van der Waals surface area contributed by atoms with Crippen LogP contribution in [0, 0.1) is 53.4 Å². The summed E-state index contributed by atoms with van der Waals surface area (Å²) in [7, 11) is 0. The van der Waals surface area contributed by atoms with Crippen LogP contribution in [0.5, 0.6) is 0 Å². The highest BCUT2D eigenvalue weighted by Gasteiger charge is 2.59. The van der Waals surface area contributed by atoms with Crippen LogP contribution in [-0.2, 0) is 10.8 Å². The number of furan rings is 1. The van der Waals surface area contributed by atoms with E-state index in [4.69, 9.17) is 4.42 Å². The third kappa shape index (κ3) is 6.47. The Morgan fingerprint density at radius 3 is 1.78 bits per heavy atom. The van der Waals surface area contributed by atoms with E-state index in [2.05, 4.69) is 202 Å². The van der Waals surface area contributed by atoms with Gasteiger partial charge in [0.05, 0.1) is 0 Å². The fraction of sp³-hybridized carbons (Fsp3) is 0.304. The fourth-order valence-corrected chi connectivity index (χ4v) is 17.2. The first-order chi connectivity index (χ1) is 34.8. The van der Waals surface area contributed by atoms with Crippen LogP contribution in [0.1, 0.15) is 132 Å². The van der Waals surface area contributed by atoms with Gasteiger partial charge in [0, 0.05) is 16.7 Å². The van der Waals surface area contributed by atoms with Crippen LogP contribution in [0.4, 0.5) is 0 Å². The van der Waals surface area contributed by atoms with Gasteiger partial charge in [0.1, 0.15) is 11.2 Å². The fourth-order valence-electron chi connectivity index (χ4n) is 17.2. The van der Waals surface area contributed by atoms with E-state index in [1.165, 1.54) is 127 Å². The molecule has 0 saturated heterocycles. The smallest absolute Gasteiger partial charge is 0.243 e. The van der Waals surface area contributed by atoms with Crippen LogP contribution in [0.15, 0.2) is 144 Å². The number of rotatable bonds is 7. The molecule has 354 valence electrons. The Morgan fingerprint density at radius 1 is 0.542 bits per heavy atom. The van der Waals surface area contributed by atoms with Crippen LogP contribution in [0.2, 0.25) is 0 Å². The molecule has 2 aliphatic heterocycles. The van der Waals surface area contributed by atoms with Gasteiger partial charge in [0.25, 0.3) is 0 Å². The third-order valence-electron chi connectivity index (χ3n) is 19.5. The molecule has 3 atom stereocenters. The van der Waals surface area contributed by atoms with Gasteiger partial charge in [-0.25, -0.2) is 0 Å². The van der Waals surface area contributed by atoms with Crippen LogP contribution in [0.25, 0.3) is 44.2 Å². The Balaban J connectivity index is 0.823. The molecule has 3 heterocycles. The van der Waals surface area contributed by atoms with Crippen molar-refractivity contribution < 1.29 is 4.42 Å². The lowest BCUT2D eigenvalue weighted by Gasteiger charge is -2.63. The zero-order chi connectivity index (χ0) is 49.1. The lowest BCUT2D eigenvalue weighted by atomic mass is 9.33. The molecule has 9 aromatic rings. The molecule has 0 N–H and O–H groups in total. The van der Waals surface area contributed by atoms with Crippen molar-refractivity contribution in [1.82, 2.24) is 0 Å². The summed E-state index contributed by atoms with van der Waals surface area (Å²) in [4.78, 5) is 0. The highest BCUT2D eigenvalue weighted by Crippen LogP contribution is 2.66. The maximum absolute atomic E-state index is 6.62. The molecule has 72 heavy (non-hydrogen) atoms. The molecular formula is C69H66B2O. The molecule has 4 saturated carbocycles. The highest BCUT2D eigenvalue weighted by molar-refractivity contribution is 7.00. The van der Waals surface area contributed by atoms with Crippen molar-refractivity contribution in [1.29, 1.82) is 0 Å². The summed E-state index contributed by atoms with van der Waals surface area (Å²) in [6.45, 7) is 21.5. The van der Waals surface area contributed by atoms with Crippen LogP contribution < -0.4 is 32.8 Å². The maximum atomic E-state index is 6.62. The lowest BCUT2D eigenvalue weighted by molar-refractivity contribution is -0.0281. The predicted molar refractivity (Wildman–Crippen MR) is 308 cm³/mol. The van der Waals surface area contributed by atoms with Gasteiger partial charge in [-0.15, -0.1) is 0 Å². The molecule has 1 nitrogen and oxygen atoms in total. The van der Waals surface area contributed by atoms with Crippen LogP contribution in [0.3, 0.4) is 0 Å². The van der Waals surface area contributed by atoms with E-state index in [1.807, 2.05) is 0 Å². The first-order valence-electron chi connectivity index (χ1n) is 27.4. The normalized spacial score (nSPS) is 22.2. The van der Waals surface area contributed by atoms with Crippen molar-refractivity contribution in [3.05, 3.63) is 201 Å². The Hall–Kier alpha value is -6.31. The summed E-state index contributed by atoms with van der Waals surface area (Å²) < 4.78 is 6.62. The van der Waals surface area contributed by atoms with Gasteiger partial charge in [0.2, 0.25) is 13.4 Å². The highest BCUT2D eigenvalue weighted by atomic mass is 16.3. The zero-order valence-electron chi connectivity index (χ0n) is 43.9. The van der Waals surface area contributed by atoms with E-state index in [1.54, 1.807) is 38.7 Å². The molecule has 4 fully saturated rings. The van der Waals surface area contributed by atoms with Crippen molar-refractivity contribution in [2.24, 2.45) is 11.8 Å². The minimum atomic E-state index is 0.110. The number of hydrogen-bond acceptors (Lipinski definition) is 1. The van der Waals surface area contributed by atoms with E-state index >= 15 is 0 Å². The Bertz CT molecular complexity index is 3630. The molecule has 3 unspecified atom stereocenters. The number of benzene rings is 8. The van der Waals surface area contributed by atoms with E-state index in [-0.39, 0.29) is 17.5 Å². The van der Waals surface area contributed by atoms with Gasteiger partial charge in [-0.3, -0.25) is 0 Å². The molecule has 3 heteroatoms. The Kier molecular flexibility index (Phi) is 9.77. The Morgan fingerprint density at radius 2 is 1.12 bits per heavy atom. The van der Waals surface area contributed by atoms with E-state index in [0.29, 0.717) is 18.5 Å². The van der Waals surface area contributed by atoms with Gasteiger partial charge in [-0.05, 0) is 177 Å². The summed E-state index contributed by atoms with van der Waals surface area (Å²) in [5.74, 6) is 2.41. The van der Waals surface area contributed by atoms with E-state index in [9.17, 15) is 0 Å². The molecule has 0 radical (unpaired) electrons. The number of hydrogen-bond donors (Lipinski definition) is 0. The van der Waals surface area contributed by atoms with E-state index in [0.717, 1.165) is 23.0 Å². The monoisotopic (exact) mass is 933 g/mol. The van der Waals surface area contributed by atoms with Crippen molar-refractivity contribution >= 4 is 68.1 Å².